The summed E-state index contributed by atoms with van der Waals surface area (Å²) in [4.78, 5) is 0. The highest BCUT2D eigenvalue weighted by Gasteiger charge is 2.26. The van der Waals surface area contributed by atoms with E-state index in [0.29, 0.717) is 5.92 Å². The van der Waals surface area contributed by atoms with E-state index in [1.165, 1.54) is 11.3 Å². The van der Waals surface area contributed by atoms with Gasteiger partial charge in [0, 0.05) is 24.5 Å². The number of nitrogens with zero attached hydrogens (tertiary/aromatic N) is 3. The zero-order chi connectivity index (χ0) is 14.8. The average Bonchev–Trinajstić information content (AvgIpc) is 2.87. The molecule has 21 heavy (non-hydrogen) atoms. The van der Waals surface area contributed by atoms with Gasteiger partial charge in [0.1, 0.15) is 0 Å². The molecule has 1 atom stereocenters. The number of hydrogen-bond donors (Lipinski definition) is 2. The van der Waals surface area contributed by atoms with Crippen LogP contribution in [0, 0.1) is 0 Å². The molecule has 1 heterocycles. The molecule has 0 aliphatic heterocycles. The van der Waals surface area contributed by atoms with Crippen molar-refractivity contribution in [1.29, 1.82) is 0 Å². The number of aromatic nitrogens is 1. The molecule has 2 aromatic rings. The van der Waals surface area contributed by atoms with Gasteiger partial charge in [0.25, 0.3) is 0 Å². The molecule has 3 rings (SSSR count). The highest BCUT2D eigenvalue weighted by Crippen LogP contribution is 2.33. The second kappa shape index (κ2) is 5.44. The Morgan fingerprint density at radius 3 is 2.62 bits per heavy atom. The molecule has 1 unspecified atom stereocenters. The quantitative estimate of drug-likeness (QED) is 0.499. The maximum absolute atomic E-state index is 5.40. The number of guanidine groups is 1. The van der Waals surface area contributed by atoms with E-state index in [0.717, 1.165) is 24.1 Å². The summed E-state index contributed by atoms with van der Waals surface area (Å²) in [5.74, 6) is 0.391. The van der Waals surface area contributed by atoms with E-state index < -0.39 is 0 Å². The van der Waals surface area contributed by atoms with E-state index in [-0.39, 0.29) is 5.96 Å². The summed E-state index contributed by atoms with van der Waals surface area (Å²) in [6.45, 7) is 0. The lowest BCUT2D eigenvalue weighted by Gasteiger charge is -2.24. The third-order valence-corrected chi connectivity index (χ3v) is 3.95. The van der Waals surface area contributed by atoms with Crippen LogP contribution in [0.25, 0.3) is 0 Å². The van der Waals surface area contributed by atoms with E-state index in [2.05, 4.69) is 58.3 Å². The lowest BCUT2D eigenvalue weighted by molar-refractivity contribution is 0.654. The van der Waals surface area contributed by atoms with Crippen LogP contribution < -0.4 is 11.5 Å². The van der Waals surface area contributed by atoms with Crippen LogP contribution in [0.15, 0.2) is 52.8 Å². The molecular weight excluding hydrogens is 262 g/mol. The first kappa shape index (κ1) is 13.4. The van der Waals surface area contributed by atoms with E-state index in [1.54, 1.807) is 0 Å². The van der Waals surface area contributed by atoms with Crippen molar-refractivity contribution >= 4 is 11.7 Å². The predicted molar refractivity (Wildman–Crippen MR) is 85.3 cm³/mol. The van der Waals surface area contributed by atoms with Crippen molar-refractivity contribution in [2.24, 2.45) is 28.7 Å². The van der Waals surface area contributed by atoms with Gasteiger partial charge in [-0.25, -0.2) is 0 Å². The van der Waals surface area contributed by atoms with E-state index in [4.69, 9.17) is 11.5 Å². The molecule has 0 radical (unpaired) electrons. The molecule has 5 nitrogen and oxygen atoms in total. The van der Waals surface area contributed by atoms with Crippen LogP contribution in [0.5, 0.6) is 0 Å². The Morgan fingerprint density at radius 2 is 1.90 bits per heavy atom. The van der Waals surface area contributed by atoms with Crippen LogP contribution in [0.2, 0.25) is 0 Å². The third-order valence-electron chi connectivity index (χ3n) is 3.95. The zero-order valence-electron chi connectivity index (χ0n) is 12.0. The second-order valence-electron chi connectivity index (χ2n) is 5.37. The Labute approximate surface area is 124 Å². The summed E-state index contributed by atoms with van der Waals surface area (Å²) < 4.78 is 2.15. The van der Waals surface area contributed by atoms with Gasteiger partial charge < -0.3 is 16.0 Å². The molecule has 108 valence electrons. The summed E-state index contributed by atoms with van der Waals surface area (Å²) in [6.07, 6.45) is 3.91. The average molecular weight is 281 g/mol. The second-order valence-corrected chi connectivity index (χ2v) is 5.37. The van der Waals surface area contributed by atoms with Gasteiger partial charge >= 0.3 is 0 Å². The lowest BCUT2D eigenvalue weighted by atomic mass is 9.82. The molecule has 0 saturated carbocycles. The molecule has 1 aliphatic rings. The van der Waals surface area contributed by atoms with Gasteiger partial charge in [-0.2, -0.15) is 5.10 Å². The Hall–Kier alpha value is -2.56. The SMILES string of the molecule is Cn1ccc2c1CC(c1ccccc1)CC2=NN=C(N)N. The summed E-state index contributed by atoms with van der Waals surface area (Å²) in [5.41, 5.74) is 15.5. The first-order chi connectivity index (χ1) is 10.1. The van der Waals surface area contributed by atoms with Crippen LogP contribution >= 0.6 is 0 Å². The monoisotopic (exact) mass is 281 g/mol. The molecule has 1 aromatic heterocycles. The molecule has 0 amide bonds. The largest absolute Gasteiger partial charge is 0.369 e. The minimum atomic E-state index is -0.0122. The van der Waals surface area contributed by atoms with Crippen LogP contribution in [0.4, 0.5) is 0 Å². The van der Waals surface area contributed by atoms with Crippen molar-refractivity contribution in [3.63, 3.8) is 0 Å². The van der Waals surface area contributed by atoms with Crippen LogP contribution in [0.3, 0.4) is 0 Å². The fourth-order valence-electron chi connectivity index (χ4n) is 2.90. The number of nitrogens with two attached hydrogens (primary N) is 2. The minimum absolute atomic E-state index is 0.0122. The van der Waals surface area contributed by atoms with Gasteiger partial charge in [-0.05, 0) is 30.4 Å². The molecule has 1 aromatic carbocycles. The maximum Gasteiger partial charge on any atom is 0.211 e. The van der Waals surface area contributed by atoms with Gasteiger partial charge in [0.05, 0.1) is 5.71 Å². The Kier molecular flexibility index (Phi) is 3.48. The summed E-state index contributed by atoms with van der Waals surface area (Å²) in [7, 11) is 2.06. The molecule has 1 aliphatic carbocycles. The maximum atomic E-state index is 5.40. The normalized spacial score (nSPS) is 19.3. The predicted octanol–water partition coefficient (Wildman–Crippen LogP) is 1.73. The third kappa shape index (κ3) is 2.67. The lowest BCUT2D eigenvalue weighted by Crippen LogP contribution is -2.23. The number of rotatable bonds is 2. The van der Waals surface area contributed by atoms with Gasteiger partial charge in [0.2, 0.25) is 5.96 Å². The first-order valence-electron chi connectivity index (χ1n) is 7.00. The van der Waals surface area contributed by atoms with E-state index in [9.17, 15) is 0 Å². The van der Waals surface area contributed by atoms with Crippen molar-refractivity contribution in [2.75, 3.05) is 0 Å². The molecule has 4 N–H and O–H groups in total. The van der Waals surface area contributed by atoms with Crippen molar-refractivity contribution in [2.45, 2.75) is 18.8 Å². The molecule has 0 spiro atoms. The molecule has 0 saturated heterocycles. The fourth-order valence-corrected chi connectivity index (χ4v) is 2.90. The number of benzene rings is 1. The topological polar surface area (TPSA) is 81.7 Å². The summed E-state index contributed by atoms with van der Waals surface area (Å²) in [5, 5.41) is 8.09. The Morgan fingerprint density at radius 1 is 1.14 bits per heavy atom. The molecular formula is C16H19N5. The fraction of sp³-hybridized carbons (Fsp3) is 0.250. The molecule has 0 bridgehead atoms. The first-order valence-corrected chi connectivity index (χ1v) is 7.00. The van der Waals surface area contributed by atoms with Gasteiger partial charge in [-0.3, -0.25) is 0 Å². The highest BCUT2D eigenvalue weighted by molar-refractivity contribution is 6.03. The van der Waals surface area contributed by atoms with Crippen LogP contribution in [-0.4, -0.2) is 16.2 Å². The number of aryl methyl sites for hydroxylation is 1. The van der Waals surface area contributed by atoms with E-state index in [1.807, 2.05) is 6.07 Å². The highest BCUT2D eigenvalue weighted by atomic mass is 15.3. The van der Waals surface area contributed by atoms with Gasteiger partial charge in [-0.1, -0.05) is 30.3 Å². The van der Waals surface area contributed by atoms with Gasteiger partial charge in [0.15, 0.2) is 0 Å². The molecule has 5 heteroatoms. The van der Waals surface area contributed by atoms with Crippen molar-refractivity contribution in [3.05, 3.63) is 59.4 Å². The number of hydrogen-bond acceptors (Lipinski definition) is 2. The Balaban J connectivity index is 2.02. The Bertz CT molecular complexity index is 693. The van der Waals surface area contributed by atoms with Gasteiger partial charge in [-0.15, -0.1) is 5.10 Å². The summed E-state index contributed by atoms with van der Waals surface area (Å²) >= 11 is 0. The number of fused-ring (bicyclic) bond motifs is 1. The van der Waals surface area contributed by atoms with E-state index >= 15 is 0 Å². The zero-order valence-corrected chi connectivity index (χ0v) is 12.0. The smallest absolute Gasteiger partial charge is 0.211 e. The minimum Gasteiger partial charge on any atom is -0.369 e. The standard InChI is InChI=1S/C16H19N5/c1-21-8-7-13-14(19-20-16(17)18)9-12(10-15(13)21)11-5-3-2-4-6-11/h2-8,12H,9-10H2,1H3,(H4,17,18,20). The molecule has 0 fully saturated rings. The van der Waals surface area contributed by atoms with Crippen LogP contribution in [0.1, 0.15) is 29.2 Å². The summed E-state index contributed by atoms with van der Waals surface area (Å²) in [6, 6.07) is 12.6. The van der Waals surface area contributed by atoms with Crippen molar-refractivity contribution < 1.29 is 0 Å². The van der Waals surface area contributed by atoms with Crippen LogP contribution in [-0.2, 0) is 13.5 Å². The van der Waals surface area contributed by atoms with Crippen molar-refractivity contribution in [1.82, 2.24) is 4.57 Å². The van der Waals surface area contributed by atoms with Crippen molar-refractivity contribution in [3.8, 4) is 0 Å².